The number of rotatable bonds is 4. The minimum Gasteiger partial charge on any atom is -0.504 e. The third-order valence-corrected chi connectivity index (χ3v) is 11.6. The van der Waals surface area contributed by atoms with E-state index in [9.17, 15) is 24.9 Å². The Kier molecular flexibility index (Phi) is 6.59. The molecular formula is C30H42O9. The number of Topliss-reactive ketones (excluding diaryl/α,β-unsaturated/α-hetero) is 1. The Morgan fingerprint density at radius 3 is 2.51 bits per heavy atom. The van der Waals surface area contributed by atoms with Crippen molar-refractivity contribution in [1.29, 1.82) is 0 Å². The van der Waals surface area contributed by atoms with Gasteiger partial charge in [0.15, 0.2) is 12.0 Å². The molecule has 3 N–H and O–H groups in total. The van der Waals surface area contributed by atoms with Crippen molar-refractivity contribution >= 4 is 11.8 Å². The van der Waals surface area contributed by atoms with Crippen molar-refractivity contribution in [3.05, 3.63) is 23.0 Å². The molecule has 6 rings (SSSR count). The van der Waals surface area contributed by atoms with E-state index >= 15 is 0 Å². The molecule has 3 saturated carbocycles. The molecule has 0 aromatic carbocycles. The molecule has 0 bridgehead atoms. The lowest BCUT2D eigenvalue weighted by atomic mass is 9.46. The Morgan fingerprint density at radius 1 is 1.05 bits per heavy atom. The van der Waals surface area contributed by atoms with Gasteiger partial charge in [0.1, 0.15) is 12.7 Å². The van der Waals surface area contributed by atoms with Crippen LogP contribution in [0.15, 0.2) is 23.0 Å². The number of hydrogen-bond acceptors (Lipinski definition) is 9. The normalized spacial score (nSPS) is 49.7. The molecule has 216 valence electrons. The molecule has 0 amide bonds. The van der Waals surface area contributed by atoms with Crippen molar-refractivity contribution in [2.45, 2.75) is 108 Å². The number of allylic oxidation sites excluding steroid dienone is 1. The van der Waals surface area contributed by atoms with Crippen molar-refractivity contribution in [3.8, 4) is 0 Å². The smallest absolute Gasteiger partial charge is 0.331 e. The summed E-state index contributed by atoms with van der Waals surface area (Å²) >= 11 is 0. The molecule has 0 unspecified atom stereocenters. The Labute approximate surface area is 229 Å². The van der Waals surface area contributed by atoms with Gasteiger partial charge in [-0.05, 0) is 87.2 Å². The molecule has 9 nitrogen and oxygen atoms in total. The van der Waals surface area contributed by atoms with Gasteiger partial charge in [0.05, 0.1) is 29.3 Å². The Morgan fingerprint density at radius 2 is 1.82 bits per heavy atom. The van der Waals surface area contributed by atoms with Gasteiger partial charge in [-0.25, -0.2) is 4.79 Å². The van der Waals surface area contributed by atoms with Crippen molar-refractivity contribution in [2.75, 3.05) is 13.7 Å². The highest BCUT2D eigenvalue weighted by Crippen LogP contribution is 2.68. The molecule has 0 radical (unpaired) electrons. The summed E-state index contributed by atoms with van der Waals surface area (Å²) in [7, 11) is 1.59. The van der Waals surface area contributed by atoms with E-state index in [2.05, 4.69) is 6.92 Å². The number of carbonyl (C=O) groups excluding carboxylic acids is 2. The van der Waals surface area contributed by atoms with Crippen LogP contribution < -0.4 is 0 Å². The Balaban J connectivity index is 1.25. The van der Waals surface area contributed by atoms with E-state index in [4.69, 9.17) is 18.9 Å². The fourth-order valence-electron chi connectivity index (χ4n) is 9.26. The van der Waals surface area contributed by atoms with Gasteiger partial charge in [-0.15, -0.1) is 0 Å². The fourth-order valence-corrected chi connectivity index (χ4v) is 9.26. The van der Waals surface area contributed by atoms with Crippen LogP contribution in [0.2, 0.25) is 0 Å². The Bertz CT molecular complexity index is 1110. The maximum Gasteiger partial charge on any atom is 0.331 e. The summed E-state index contributed by atoms with van der Waals surface area (Å²) in [5, 5.41) is 34.2. The largest absolute Gasteiger partial charge is 0.504 e. The van der Waals surface area contributed by atoms with Crippen LogP contribution in [0.4, 0.5) is 0 Å². The average molecular weight is 547 g/mol. The first-order chi connectivity index (χ1) is 18.4. The molecule has 0 aromatic heterocycles. The first kappa shape index (κ1) is 27.4. The number of ketones is 1. The summed E-state index contributed by atoms with van der Waals surface area (Å²) in [4.78, 5) is 25.8. The van der Waals surface area contributed by atoms with Crippen molar-refractivity contribution < 1.29 is 43.9 Å². The van der Waals surface area contributed by atoms with E-state index in [0.717, 1.165) is 36.8 Å². The summed E-state index contributed by atoms with van der Waals surface area (Å²) in [5.74, 6) is -1.47. The van der Waals surface area contributed by atoms with Gasteiger partial charge < -0.3 is 34.3 Å². The maximum absolute atomic E-state index is 14.0. The van der Waals surface area contributed by atoms with E-state index in [1.807, 2.05) is 6.92 Å². The number of fused-ring (bicyclic) bond motifs is 5. The predicted octanol–water partition coefficient (Wildman–Crippen LogP) is 3.12. The minimum atomic E-state index is -1.29. The molecule has 9 heteroatoms. The lowest BCUT2D eigenvalue weighted by molar-refractivity contribution is -0.269. The molecule has 1 saturated heterocycles. The van der Waals surface area contributed by atoms with Crippen molar-refractivity contribution in [2.24, 2.45) is 28.6 Å². The number of esters is 1. The predicted molar refractivity (Wildman–Crippen MR) is 138 cm³/mol. The zero-order valence-electron chi connectivity index (χ0n) is 23.4. The zero-order chi connectivity index (χ0) is 27.9. The van der Waals surface area contributed by atoms with Crippen LogP contribution in [0.5, 0.6) is 0 Å². The minimum absolute atomic E-state index is 0.0392. The number of hydrogen-bond donors (Lipinski definition) is 3. The molecule has 11 atom stereocenters. The third-order valence-electron chi connectivity index (χ3n) is 11.6. The molecule has 6 aliphatic rings. The first-order valence-corrected chi connectivity index (χ1v) is 14.5. The van der Waals surface area contributed by atoms with Gasteiger partial charge >= 0.3 is 5.97 Å². The second kappa shape index (κ2) is 9.38. The molecular weight excluding hydrogens is 504 g/mol. The van der Waals surface area contributed by atoms with Gasteiger partial charge in [-0.1, -0.05) is 6.92 Å². The number of carbonyl (C=O) groups is 2. The van der Waals surface area contributed by atoms with E-state index in [-0.39, 0.29) is 48.4 Å². The van der Waals surface area contributed by atoms with E-state index in [1.54, 1.807) is 14.0 Å². The van der Waals surface area contributed by atoms with E-state index in [0.29, 0.717) is 25.7 Å². The van der Waals surface area contributed by atoms with Gasteiger partial charge in [0.2, 0.25) is 5.78 Å². The number of cyclic esters (lactones) is 1. The summed E-state index contributed by atoms with van der Waals surface area (Å²) < 4.78 is 22.9. The molecule has 4 aliphatic carbocycles. The summed E-state index contributed by atoms with van der Waals surface area (Å²) in [6, 6.07) is 0. The highest BCUT2D eigenvalue weighted by Gasteiger charge is 2.71. The van der Waals surface area contributed by atoms with Crippen LogP contribution in [-0.2, 0) is 28.5 Å². The number of ether oxygens (including phenoxy) is 4. The van der Waals surface area contributed by atoms with Crippen molar-refractivity contribution in [3.63, 3.8) is 0 Å². The SMILES string of the molecule is CO[C@H]1C[C@H](O[C@H]2CC[C@]3(C)C4=C(O)C(=O)[C@]5(C)[C@@H](C6=CC(=O)OC6)CC[C@]5(O)[C@@H]4CC[C@@H]3C2)O[C@@H](C)[C@@H]1O. The van der Waals surface area contributed by atoms with Gasteiger partial charge in [-0.3, -0.25) is 4.79 Å². The zero-order valence-corrected chi connectivity index (χ0v) is 23.4. The van der Waals surface area contributed by atoms with E-state index in [1.165, 1.54) is 6.08 Å². The summed E-state index contributed by atoms with van der Waals surface area (Å²) in [5.41, 5.74) is -1.45. The Hall–Kier alpha value is -1.78. The van der Waals surface area contributed by atoms with Crippen LogP contribution in [-0.4, -0.2) is 77.1 Å². The molecule has 0 spiro atoms. The molecule has 39 heavy (non-hydrogen) atoms. The van der Waals surface area contributed by atoms with Gasteiger partial charge in [0, 0.05) is 25.5 Å². The quantitative estimate of drug-likeness (QED) is 0.359. The van der Waals surface area contributed by atoms with Crippen LogP contribution in [0.1, 0.15) is 72.1 Å². The second-order valence-corrected chi connectivity index (χ2v) is 13.2. The van der Waals surface area contributed by atoms with Crippen LogP contribution in [0.3, 0.4) is 0 Å². The summed E-state index contributed by atoms with van der Waals surface area (Å²) in [6.07, 6.45) is 4.81. The first-order valence-electron chi connectivity index (χ1n) is 14.5. The van der Waals surface area contributed by atoms with Gasteiger partial charge in [-0.2, -0.15) is 0 Å². The average Bonchev–Trinajstić information content (AvgIpc) is 3.45. The number of aliphatic hydroxyl groups excluding tert-OH is 2. The maximum atomic E-state index is 14.0. The summed E-state index contributed by atoms with van der Waals surface area (Å²) in [6.45, 7) is 5.87. The number of aliphatic hydroxyl groups is 3. The molecule has 2 heterocycles. The van der Waals surface area contributed by atoms with Gasteiger partial charge in [0.25, 0.3) is 0 Å². The second-order valence-electron chi connectivity index (χ2n) is 13.2. The molecule has 0 aromatic rings. The third kappa shape index (κ3) is 3.83. The van der Waals surface area contributed by atoms with Crippen LogP contribution in [0.25, 0.3) is 0 Å². The number of methoxy groups -OCH3 is 1. The molecule has 2 aliphatic heterocycles. The highest BCUT2D eigenvalue weighted by atomic mass is 16.7. The van der Waals surface area contributed by atoms with Crippen LogP contribution >= 0.6 is 0 Å². The fraction of sp³-hybridized carbons (Fsp3) is 0.800. The standard InChI is InChI=1S/C30H42O9/c1-15-25(32)21(36-4)13-23(38-15)39-18-7-9-28(2)17(12-18)5-6-20-24(28)26(33)27(34)29(3)19(8-10-30(20,29)35)16-11-22(31)37-14-16/h11,15,17-21,23,25,32-33,35H,5-10,12-14H2,1-4H3/t15-,17+,18-,19+,20+,21-,23-,25-,28-,29-,30-/m0/s1. The topological polar surface area (TPSA) is 132 Å². The molecule has 4 fully saturated rings. The van der Waals surface area contributed by atoms with E-state index < -0.39 is 40.6 Å². The lowest BCUT2D eigenvalue weighted by Gasteiger charge is -2.59. The van der Waals surface area contributed by atoms with Crippen LogP contribution in [0, 0.1) is 28.6 Å². The highest BCUT2D eigenvalue weighted by molar-refractivity contribution is 6.02. The monoisotopic (exact) mass is 546 g/mol. The lowest BCUT2D eigenvalue weighted by Crippen LogP contribution is -2.63. The van der Waals surface area contributed by atoms with Crippen molar-refractivity contribution in [1.82, 2.24) is 0 Å².